The second-order valence-electron chi connectivity index (χ2n) is 8.77. The molecule has 4 heterocycles. The van der Waals surface area contributed by atoms with Gasteiger partial charge >= 0.3 is 12.4 Å². The number of carbonyl (C=O) groups is 1. The predicted octanol–water partition coefficient (Wildman–Crippen LogP) is 4.85. The van der Waals surface area contributed by atoms with Gasteiger partial charge in [0.1, 0.15) is 6.10 Å². The summed E-state index contributed by atoms with van der Waals surface area (Å²) in [4.78, 5) is 25.9. The highest BCUT2D eigenvalue weighted by Crippen LogP contribution is 2.28. The summed E-state index contributed by atoms with van der Waals surface area (Å²) in [5.74, 6) is -0.500. The van der Waals surface area contributed by atoms with E-state index in [2.05, 4.69) is 24.6 Å². The fourth-order valence-corrected chi connectivity index (χ4v) is 4.73. The summed E-state index contributed by atoms with van der Waals surface area (Å²) in [6.45, 7) is 1.08. The molecule has 1 fully saturated rings. The quantitative estimate of drug-likeness (QED) is 0.382. The molecule has 39 heavy (non-hydrogen) atoms. The number of amides is 1. The Morgan fingerprint density at radius 2 is 1.87 bits per heavy atom. The summed E-state index contributed by atoms with van der Waals surface area (Å²) >= 11 is 1.01. The standard InChI is InChI=1S/C23H21F7N6O2S/c1-12-20(17(39-35-12)6-14-8-32-18(9-31-14)23(28,29)30)21(37)34-13-2-3-19(33-7-13)38-16-11-36(10-15(16)24)5-4-22(25,26)27/h2-3,7-9,15-16H,4-6,10-11H2,1H3,(H,34,37)/t15-,16+/m0/s1. The smallest absolute Gasteiger partial charge is 0.434 e. The number of hydrogen-bond donors (Lipinski definition) is 1. The van der Waals surface area contributed by atoms with Crippen LogP contribution in [0.2, 0.25) is 0 Å². The highest BCUT2D eigenvalue weighted by atomic mass is 32.1. The van der Waals surface area contributed by atoms with Gasteiger partial charge in [0.2, 0.25) is 5.88 Å². The second-order valence-corrected chi connectivity index (χ2v) is 9.63. The first-order chi connectivity index (χ1) is 18.3. The van der Waals surface area contributed by atoms with Crippen LogP contribution in [0.4, 0.5) is 36.4 Å². The molecule has 1 amide bonds. The minimum absolute atomic E-state index is 0.0199. The highest BCUT2D eigenvalue weighted by molar-refractivity contribution is 7.06. The number of ether oxygens (including phenoxy) is 1. The zero-order chi connectivity index (χ0) is 28.4. The van der Waals surface area contributed by atoms with Crippen LogP contribution in [0.15, 0.2) is 30.7 Å². The van der Waals surface area contributed by atoms with Gasteiger partial charge in [0.25, 0.3) is 5.91 Å². The van der Waals surface area contributed by atoms with E-state index >= 15 is 0 Å². The summed E-state index contributed by atoms with van der Waals surface area (Å²) in [6.07, 6.45) is -9.54. The predicted molar refractivity (Wildman–Crippen MR) is 125 cm³/mol. The van der Waals surface area contributed by atoms with Crippen LogP contribution >= 0.6 is 11.5 Å². The Labute approximate surface area is 221 Å². The highest BCUT2D eigenvalue weighted by Gasteiger charge is 2.37. The molecule has 2 atom stereocenters. The molecular weight excluding hydrogens is 557 g/mol. The molecular formula is C23H21F7N6O2S. The van der Waals surface area contributed by atoms with Crippen LogP contribution in [0.1, 0.15) is 38.7 Å². The lowest BCUT2D eigenvalue weighted by Gasteiger charge is -2.17. The third-order valence-corrected chi connectivity index (χ3v) is 6.68. The number of halogens is 7. The molecule has 8 nitrogen and oxygen atoms in total. The third-order valence-electron chi connectivity index (χ3n) is 5.75. The van der Waals surface area contributed by atoms with Crippen molar-refractivity contribution in [2.24, 2.45) is 0 Å². The van der Waals surface area contributed by atoms with E-state index in [0.29, 0.717) is 16.8 Å². The minimum atomic E-state index is -4.62. The SMILES string of the molecule is Cc1nsc(Cc2cnc(C(F)(F)F)cn2)c1C(=O)Nc1ccc(O[C@@H]2CN(CCC(F)(F)F)C[C@@H]2F)nc1. The van der Waals surface area contributed by atoms with Crippen molar-refractivity contribution >= 4 is 23.1 Å². The molecule has 0 radical (unpaired) electrons. The first-order valence-corrected chi connectivity index (χ1v) is 12.3. The van der Waals surface area contributed by atoms with Gasteiger partial charge in [-0.2, -0.15) is 30.7 Å². The molecule has 0 unspecified atom stereocenters. The fourth-order valence-electron chi connectivity index (χ4n) is 3.84. The monoisotopic (exact) mass is 578 g/mol. The molecule has 0 bridgehead atoms. The van der Waals surface area contributed by atoms with Crippen LogP contribution in [0, 0.1) is 6.92 Å². The van der Waals surface area contributed by atoms with Crippen LogP contribution in [0.25, 0.3) is 0 Å². The van der Waals surface area contributed by atoms with Crippen LogP contribution in [0.3, 0.4) is 0 Å². The van der Waals surface area contributed by atoms with Crippen molar-refractivity contribution in [2.75, 3.05) is 25.0 Å². The van der Waals surface area contributed by atoms with Gasteiger partial charge in [0.15, 0.2) is 11.9 Å². The van der Waals surface area contributed by atoms with Crippen LogP contribution in [-0.4, -0.2) is 68.2 Å². The van der Waals surface area contributed by atoms with E-state index in [1.807, 2.05) is 0 Å². The minimum Gasteiger partial charge on any atom is -0.470 e. The van der Waals surface area contributed by atoms with E-state index in [-0.39, 0.29) is 48.9 Å². The zero-order valence-electron chi connectivity index (χ0n) is 20.2. The van der Waals surface area contributed by atoms with Crippen molar-refractivity contribution in [2.45, 2.75) is 44.4 Å². The number of nitrogens with zero attached hydrogens (tertiary/aromatic N) is 5. The first kappa shape index (κ1) is 28.6. The van der Waals surface area contributed by atoms with Crippen molar-refractivity contribution in [3.05, 3.63) is 58.2 Å². The number of alkyl halides is 7. The molecule has 0 aliphatic carbocycles. The average molecular weight is 579 g/mol. The Morgan fingerprint density at radius 1 is 1.10 bits per heavy atom. The Morgan fingerprint density at radius 3 is 2.49 bits per heavy atom. The number of anilines is 1. The van der Waals surface area contributed by atoms with Crippen LogP contribution < -0.4 is 10.1 Å². The lowest BCUT2D eigenvalue weighted by Crippen LogP contribution is -2.29. The number of aryl methyl sites for hydroxylation is 1. The molecule has 16 heteroatoms. The Hall–Kier alpha value is -3.40. The Balaban J connectivity index is 1.35. The summed E-state index contributed by atoms with van der Waals surface area (Å²) in [6, 6.07) is 2.85. The maximum absolute atomic E-state index is 14.3. The molecule has 3 aromatic rings. The summed E-state index contributed by atoms with van der Waals surface area (Å²) in [7, 11) is 0. The molecule has 1 aliphatic heterocycles. The van der Waals surface area contributed by atoms with Gasteiger partial charge < -0.3 is 10.1 Å². The molecule has 4 rings (SSSR count). The molecule has 0 aromatic carbocycles. The lowest BCUT2D eigenvalue weighted by atomic mass is 10.1. The normalized spacial score (nSPS) is 18.4. The van der Waals surface area contributed by atoms with E-state index < -0.39 is 42.7 Å². The largest absolute Gasteiger partial charge is 0.470 e. The maximum Gasteiger partial charge on any atom is 0.434 e. The van der Waals surface area contributed by atoms with Crippen molar-refractivity contribution in [1.29, 1.82) is 0 Å². The van der Waals surface area contributed by atoms with E-state index in [0.717, 1.165) is 17.7 Å². The summed E-state index contributed by atoms with van der Waals surface area (Å²) in [5, 5.41) is 2.64. The maximum atomic E-state index is 14.3. The number of hydrogen-bond acceptors (Lipinski definition) is 8. The van der Waals surface area contributed by atoms with E-state index in [9.17, 15) is 35.5 Å². The molecule has 3 aromatic heterocycles. The molecule has 210 valence electrons. The number of nitrogens with one attached hydrogen (secondary N) is 1. The molecule has 1 N–H and O–H groups in total. The summed E-state index contributed by atoms with van der Waals surface area (Å²) in [5.41, 5.74) is 0.00308. The van der Waals surface area contributed by atoms with E-state index in [4.69, 9.17) is 4.74 Å². The Kier molecular flexibility index (Phi) is 8.34. The van der Waals surface area contributed by atoms with Gasteiger partial charge in [0, 0.05) is 43.2 Å². The second kappa shape index (κ2) is 11.4. The van der Waals surface area contributed by atoms with E-state index in [1.54, 1.807) is 6.92 Å². The van der Waals surface area contributed by atoms with Crippen molar-refractivity contribution < 1.29 is 40.3 Å². The molecule has 1 aliphatic rings. The number of pyridine rings is 1. The van der Waals surface area contributed by atoms with Crippen molar-refractivity contribution in [3.63, 3.8) is 0 Å². The number of likely N-dealkylation sites (tertiary alicyclic amines) is 1. The van der Waals surface area contributed by atoms with Gasteiger partial charge in [-0.15, -0.1) is 0 Å². The summed E-state index contributed by atoms with van der Waals surface area (Å²) < 4.78 is 99.4. The Bertz CT molecular complexity index is 1280. The lowest BCUT2D eigenvalue weighted by molar-refractivity contribution is -0.141. The molecule has 1 saturated heterocycles. The third kappa shape index (κ3) is 7.59. The van der Waals surface area contributed by atoms with Gasteiger partial charge in [-0.25, -0.2) is 14.4 Å². The number of rotatable bonds is 8. The van der Waals surface area contributed by atoms with Crippen molar-refractivity contribution in [3.8, 4) is 5.88 Å². The first-order valence-electron chi connectivity index (χ1n) is 11.5. The average Bonchev–Trinajstić information content (AvgIpc) is 3.39. The topological polar surface area (TPSA) is 93.1 Å². The van der Waals surface area contributed by atoms with Gasteiger partial charge in [-0.3, -0.25) is 14.7 Å². The fraction of sp³-hybridized carbons (Fsp3) is 0.435. The van der Waals surface area contributed by atoms with Gasteiger partial charge in [-0.05, 0) is 24.5 Å². The van der Waals surface area contributed by atoms with Gasteiger partial charge in [-0.1, -0.05) is 0 Å². The zero-order valence-corrected chi connectivity index (χ0v) is 21.0. The van der Waals surface area contributed by atoms with Crippen LogP contribution in [0.5, 0.6) is 5.88 Å². The van der Waals surface area contributed by atoms with E-state index in [1.165, 1.54) is 23.2 Å². The van der Waals surface area contributed by atoms with Crippen LogP contribution in [-0.2, 0) is 12.6 Å². The molecule has 0 saturated carbocycles. The number of aromatic nitrogens is 4. The number of carbonyl (C=O) groups excluding carboxylic acids is 1. The van der Waals surface area contributed by atoms with Gasteiger partial charge in [0.05, 0.1) is 41.5 Å². The molecule has 0 spiro atoms. The van der Waals surface area contributed by atoms with Crippen molar-refractivity contribution in [1.82, 2.24) is 24.2 Å².